The highest BCUT2D eigenvalue weighted by molar-refractivity contribution is 5.78. The number of halogens is 3. The van der Waals surface area contributed by atoms with Crippen LogP contribution in [0.4, 0.5) is 13.2 Å². The van der Waals surface area contributed by atoms with Crippen LogP contribution in [0, 0.1) is 18.8 Å². The summed E-state index contributed by atoms with van der Waals surface area (Å²) < 4.78 is 38.7. The Morgan fingerprint density at radius 2 is 1.81 bits per heavy atom. The molecule has 1 fully saturated rings. The van der Waals surface area contributed by atoms with Crippen LogP contribution in [0.2, 0.25) is 0 Å². The minimum atomic E-state index is -4.33. The van der Waals surface area contributed by atoms with E-state index in [2.05, 4.69) is 0 Å². The number of benzene rings is 2. The molecule has 5 heteroatoms. The van der Waals surface area contributed by atoms with Gasteiger partial charge in [0.15, 0.2) is 0 Å². The van der Waals surface area contributed by atoms with Gasteiger partial charge in [-0.25, -0.2) is 0 Å². The predicted molar refractivity (Wildman–Crippen MR) is 99.0 cm³/mol. The first kappa shape index (κ1) is 19.5. The SMILES string of the molecule is Cc1ccc(CN2CC(C(C)Cc3cccc(C(F)(F)F)c3)CC2=O)cc1. The van der Waals surface area contributed by atoms with Gasteiger partial charge in [-0.2, -0.15) is 13.2 Å². The summed E-state index contributed by atoms with van der Waals surface area (Å²) in [5.74, 6) is 0.425. The zero-order chi connectivity index (χ0) is 19.6. The summed E-state index contributed by atoms with van der Waals surface area (Å²) in [5, 5.41) is 0. The molecule has 0 N–H and O–H groups in total. The Hall–Kier alpha value is -2.30. The van der Waals surface area contributed by atoms with Crippen LogP contribution in [0.1, 0.15) is 35.6 Å². The van der Waals surface area contributed by atoms with E-state index in [1.165, 1.54) is 17.7 Å². The molecule has 1 saturated heterocycles. The summed E-state index contributed by atoms with van der Waals surface area (Å²) in [7, 11) is 0. The lowest BCUT2D eigenvalue weighted by Gasteiger charge is -2.21. The molecule has 144 valence electrons. The predicted octanol–water partition coefficient (Wildman–Crippen LogP) is 5.24. The topological polar surface area (TPSA) is 20.3 Å². The monoisotopic (exact) mass is 375 g/mol. The number of alkyl halides is 3. The van der Waals surface area contributed by atoms with Gasteiger partial charge >= 0.3 is 6.18 Å². The lowest BCUT2D eigenvalue weighted by Crippen LogP contribution is -2.25. The number of hydrogen-bond acceptors (Lipinski definition) is 1. The number of amides is 1. The summed E-state index contributed by atoms with van der Waals surface area (Å²) in [5.41, 5.74) is 2.33. The van der Waals surface area contributed by atoms with Gasteiger partial charge in [-0.15, -0.1) is 0 Å². The van der Waals surface area contributed by atoms with E-state index >= 15 is 0 Å². The van der Waals surface area contributed by atoms with E-state index in [0.29, 0.717) is 31.5 Å². The average Bonchev–Trinajstić information content (AvgIpc) is 2.97. The molecule has 0 spiro atoms. The molecule has 1 heterocycles. The Bertz CT molecular complexity index is 798. The van der Waals surface area contributed by atoms with Crippen LogP contribution in [0.15, 0.2) is 48.5 Å². The van der Waals surface area contributed by atoms with Crippen LogP contribution in [0.5, 0.6) is 0 Å². The van der Waals surface area contributed by atoms with Crippen molar-refractivity contribution in [2.24, 2.45) is 11.8 Å². The maximum atomic E-state index is 12.9. The molecule has 0 aliphatic carbocycles. The highest BCUT2D eigenvalue weighted by Crippen LogP contribution is 2.32. The second-order valence-corrected chi connectivity index (χ2v) is 7.60. The standard InChI is InChI=1S/C22H24F3NO/c1-15-6-8-17(9-7-15)13-26-14-19(12-21(26)27)16(2)10-18-4-3-5-20(11-18)22(23,24)25/h3-9,11,16,19H,10,12-14H2,1-2H3. The molecule has 1 aliphatic rings. The number of carbonyl (C=O) groups excluding carboxylic acids is 1. The van der Waals surface area contributed by atoms with E-state index in [0.717, 1.165) is 11.6 Å². The van der Waals surface area contributed by atoms with Gasteiger partial charge in [0, 0.05) is 19.5 Å². The molecular formula is C22H24F3NO. The third-order valence-corrected chi connectivity index (χ3v) is 5.36. The smallest absolute Gasteiger partial charge is 0.338 e. The Labute approximate surface area is 158 Å². The van der Waals surface area contributed by atoms with Crippen molar-refractivity contribution in [3.05, 3.63) is 70.8 Å². The van der Waals surface area contributed by atoms with E-state index in [1.54, 1.807) is 6.07 Å². The normalized spacial score (nSPS) is 18.8. The molecule has 2 nitrogen and oxygen atoms in total. The first-order valence-electron chi connectivity index (χ1n) is 9.22. The van der Waals surface area contributed by atoms with Crippen LogP contribution in [0.3, 0.4) is 0 Å². The maximum absolute atomic E-state index is 12.9. The number of rotatable bonds is 5. The zero-order valence-electron chi connectivity index (χ0n) is 15.6. The number of aryl methyl sites for hydroxylation is 1. The fourth-order valence-electron chi connectivity index (χ4n) is 3.66. The lowest BCUT2D eigenvalue weighted by atomic mass is 9.87. The summed E-state index contributed by atoms with van der Waals surface area (Å²) in [6.45, 7) is 5.29. The third-order valence-electron chi connectivity index (χ3n) is 5.36. The third kappa shape index (κ3) is 4.90. The van der Waals surface area contributed by atoms with Crippen LogP contribution >= 0.6 is 0 Å². The van der Waals surface area contributed by atoms with Crippen molar-refractivity contribution >= 4 is 5.91 Å². The minimum absolute atomic E-state index is 0.122. The van der Waals surface area contributed by atoms with E-state index in [9.17, 15) is 18.0 Å². The van der Waals surface area contributed by atoms with Crippen molar-refractivity contribution in [1.29, 1.82) is 0 Å². The van der Waals surface area contributed by atoms with Crippen molar-refractivity contribution < 1.29 is 18.0 Å². The summed E-state index contributed by atoms with van der Waals surface area (Å²) in [6.07, 6.45) is -3.32. The van der Waals surface area contributed by atoms with E-state index in [1.807, 2.05) is 43.0 Å². The van der Waals surface area contributed by atoms with Crippen molar-refractivity contribution in [3.63, 3.8) is 0 Å². The molecule has 2 aromatic rings. The van der Waals surface area contributed by atoms with Gasteiger partial charge in [-0.05, 0) is 42.4 Å². The van der Waals surface area contributed by atoms with Gasteiger partial charge in [0.1, 0.15) is 0 Å². The molecule has 2 unspecified atom stereocenters. The highest BCUT2D eigenvalue weighted by atomic mass is 19.4. The van der Waals surface area contributed by atoms with Gasteiger partial charge in [0.05, 0.1) is 5.56 Å². The van der Waals surface area contributed by atoms with E-state index in [-0.39, 0.29) is 17.7 Å². The molecule has 0 radical (unpaired) electrons. The van der Waals surface area contributed by atoms with Crippen LogP contribution in [-0.2, 0) is 23.9 Å². The molecular weight excluding hydrogens is 351 g/mol. The van der Waals surface area contributed by atoms with Crippen molar-refractivity contribution in [2.75, 3.05) is 6.54 Å². The Kier molecular flexibility index (Phi) is 5.59. The summed E-state index contributed by atoms with van der Waals surface area (Å²) in [4.78, 5) is 14.2. The maximum Gasteiger partial charge on any atom is 0.416 e. The van der Waals surface area contributed by atoms with E-state index in [4.69, 9.17) is 0 Å². The fourth-order valence-corrected chi connectivity index (χ4v) is 3.66. The van der Waals surface area contributed by atoms with Crippen LogP contribution < -0.4 is 0 Å². The Balaban J connectivity index is 1.62. The number of hydrogen-bond donors (Lipinski definition) is 0. The molecule has 0 bridgehead atoms. The summed E-state index contributed by atoms with van der Waals surface area (Å²) in [6, 6.07) is 13.6. The number of carbonyl (C=O) groups is 1. The fraction of sp³-hybridized carbons (Fsp3) is 0.409. The largest absolute Gasteiger partial charge is 0.416 e. The summed E-state index contributed by atoms with van der Waals surface area (Å²) >= 11 is 0. The lowest BCUT2D eigenvalue weighted by molar-refractivity contribution is -0.137. The minimum Gasteiger partial charge on any atom is -0.338 e. The van der Waals surface area contributed by atoms with Gasteiger partial charge < -0.3 is 4.90 Å². The van der Waals surface area contributed by atoms with Crippen LogP contribution in [-0.4, -0.2) is 17.4 Å². The second kappa shape index (κ2) is 7.75. The van der Waals surface area contributed by atoms with E-state index < -0.39 is 11.7 Å². The van der Waals surface area contributed by atoms with Gasteiger partial charge in [-0.3, -0.25) is 4.79 Å². The van der Waals surface area contributed by atoms with Gasteiger partial charge in [-0.1, -0.05) is 55.0 Å². The number of likely N-dealkylation sites (tertiary alicyclic amines) is 1. The van der Waals surface area contributed by atoms with Crippen molar-refractivity contribution in [2.45, 2.75) is 39.4 Å². The molecule has 1 amide bonds. The quantitative estimate of drug-likeness (QED) is 0.700. The highest BCUT2D eigenvalue weighted by Gasteiger charge is 2.34. The molecule has 3 rings (SSSR count). The van der Waals surface area contributed by atoms with Gasteiger partial charge in [0.25, 0.3) is 0 Å². The molecule has 1 aliphatic heterocycles. The van der Waals surface area contributed by atoms with Crippen LogP contribution in [0.25, 0.3) is 0 Å². The Morgan fingerprint density at radius 3 is 2.48 bits per heavy atom. The van der Waals surface area contributed by atoms with Crippen molar-refractivity contribution in [1.82, 2.24) is 4.90 Å². The first-order valence-corrected chi connectivity index (χ1v) is 9.22. The Morgan fingerprint density at radius 1 is 1.11 bits per heavy atom. The molecule has 2 atom stereocenters. The van der Waals surface area contributed by atoms with Crippen molar-refractivity contribution in [3.8, 4) is 0 Å². The molecule has 27 heavy (non-hydrogen) atoms. The average molecular weight is 375 g/mol. The second-order valence-electron chi connectivity index (χ2n) is 7.60. The van der Waals surface area contributed by atoms with Gasteiger partial charge in [0.2, 0.25) is 5.91 Å². The molecule has 0 saturated carbocycles. The zero-order valence-corrected chi connectivity index (χ0v) is 15.6. The first-order chi connectivity index (χ1) is 12.7. The molecule has 0 aromatic heterocycles. The molecule has 2 aromatic carbocycles. The number of nitrogens with zero attached hydrogens (tertiary/aromatic N) is 1.